The van der Waals surface area contributed by atoms with E-state index in [9.17, 15) is 4.79 Å². The molecule has 30 heavy (non-hydrogen) atoms. The molecule has 0 aliphatic carbocycles. The molecule has 0 amide bonds. The van der Waals surface area contributed by atoms with Gasteiger partial charge in [0, 0.05) is 44.8 Å². The molecule has 3 aromatic heterocycles. The summed E-state index contributed by atoms with van der Waals surface area (Å²) in [5.41, 5.74) is 3.16. The Morgan fingerprint density at radius 3 is 2.67 bits per heavy atom. The Bertz CT molecular complexity index is 1490. The van der Waals surface area contributed by atoms with Gasteiger partial charge in [-0.2, -0.15) is 5.10 Å². The highest BCUT2D eigenvalue weighted by Crippen LogP contribution is 2.34. The van der Waals surface area contributed by atoms with E-state index in [1.165, 1.54) is 4.68 Å². The maximum atomic E-state index is 12.9. The minimum absolute atomic E-state index is 0.161. The third kappa shape index (κ3) is 2.97. The third-order valence-corrected chi connectivity index (χ3v) is 5.99. The molecule has 0 N–H and O–H groups in total. The number of hydrogen-bond donors (Lipinski definition) is 0. The monoisotopic (exact) mass is 436 g/mol. The molecule has 7 heteroatoms. The third-order valence-electron chi connectivity index (χ3n) is 5.39. The van der Waals surface area contributed by atoms with Gasteiger partial charge in [-0.3, -0.25) is 4.79 Å². The van der Waals surface area contributed by atoms with Gasteiger partial charge in [-0.1, -0.05) is 48.3 Å². The van der Waals surface area contributed by atoms with Gasteiger partial charge in [0.2, 0.25) is 0 Å². The molecular formula is C23H18Cl2N4O. The van der Waals surface area contributed by atoms with Crippen molar-refractivity contribution in [3.05, 3.63) is 80.8 Å². The first-order valence-electron chi connectivity index (χ1n) is 9.78. The number of benzene rings is 2. The van der Waals surface area contributed by atoms with E-state index in [1.54, 1.807) is 24.5 Å². The summed E-state index contributed by atoms with van der Waals surface area (Å²) in [5.74, 6) is 0. The second-order valence-corrected chi connectivity index (χ2v) is 8.14. The zero-order valence-corrected chi connectivity index (χ0v) is 17.8. The highest BCUT2D eigenvalue weighted by molar-refractivity contribution is 6.33. The fourth-order valence-corrected chi connectivity index (χ4v) is 4.40. The summed E-state index contributed by atoms with van der Waals surface area (Å²) in [4.78, 5) is 17.4. The van der Waals surface area contributed by atoms with Crippen LogP contribution in [0.15, 0.2) is 59.7 Å². The standard InChI is InChI=1S/C23H18Cl2N4O/c1-2-9-29-23(30)22-17(11-27-29)21-16-5-3-4-6-19(16)28(20(21)12-26-22)13-14-10-15(24)7-8-18(14)25/h3-8,10-12H,2,9,13H2,1H3. The molecule has 150 valence electrons. The Kier molecular flexibility index (Phi) is 4.72. The minimum Gasteiger partial charge on any atom is -0.335 e. The van der Waals surface area contributed by atoms with Gasteiger partial charge in [0.05, 0.1) is 17.9 Å². The quantitative estimate of drug-likeness (QED) is 0.364. The van der Waals surface area contributed by atoms with Crippen LogP contribution in [-0.2, 0) is 13.1 Å². The molecule has 0 radical (unpaired) electrons. The molecule has 3 heterocycles. The molecule has 0 aliphatic rings. The Balaban J connectivity index is 1.83. The number of nitrogens with zero attached hydrogens (tertiary/aromatic N) is 4. The Morgan fingerprint density at radius 1 is 1.00 bits per heavy atom. The number of aryl methyl sites for hydroxylation is 1. The van der Waals surface area contributed by atoms with Crippen molar-refractivity contribution < 1.29 is 0 Å². The lowest BCUT2D eigenvalue weighted by molar-refractivity contribution is 0.573. The van der Waals surface area contributed by atoms with Crippen molar-refractivity contribution in [1.29, 1.82) is 0 Å². The number of hydrogen-bond acceptors (Lipinski definition) is 3. The summed E-state index contributed by atoms with van der Waals surface area (Å²) in [5, 5.41) is 8.47. The van der Waals surface area contributed by atoms with E-state index in [1.807, 2.05) is 25.1 Å². The van der Waals surface area contributed by atoms with Gasteiger partial charge < -0.3 is 4.57 Å². The van der Waals surface area contributed by atoms with E-state index in [2.05, 4.69) is 26.8 Å². The molecule has 0 saturated carbocycles. The van der Waals surface area contributed by atoms with Crippen molar-refractivity contribution >= 4 is 55.9 Å². The van der Waals surface area contributed by atoms with E-state index in [4.69, 9.17) is 23.2 Å². The second kappa shape index (κ2) is 7.42. The van der Waals surface area contributed by atoms with Crippen LogP contribution in [0.1, 0.15) is 18.9 Å². The van der Waals surface area contributed by atoms with Gasteiger partial charge in [0.1, 0.15) is 5.52 Å². The number of pyridine rings is 1. The fraction of sp³-hybridized carbons (Fsp3) is 0.174. The maximum absolute atomic E-state index is 12.9. The smallest absolute Gasteiger partial charge is 0.293 e. The highest BCUT2D eigenvalue weighted by atomic mass is 35.5. The van der Waals surface area contributed by atoms with Crippen molar-refractivity contribution in [2.45, 2.75) is 26.4 Å². The minimum atomic E-state index is -0.161. The lowest BCUT2D eigenvalue weighted by Gasteiger charge is -2.10. The molecule has 2 aromatic carbocycles. The summed E-state index contributed by atoms with van der Waals surface area (Å²) in [6.45, 7) is 3.13. The molecule has 5 nitrogen and oxygen atoms in total. The molecule has 0 unspecified atom stereocenters. The average molecular weight is 437 g/mol. The van der Waals surface area contributed by atoms with Crippen LogP contribution >= 0.6 is 23.2 Å². The van der Waals surface area contributed by atoms with Crippen LogP contribution in [-0.4, -0.2) is 19.3 Å². The topological polar surface area (TPSA) is 52.7 Å². The summed E-state index contributed by atoms with van der Waals surface area (Å²) < 4.78 is 3.64. The average Bonchev–Trinajstić information content (AvgIpc) is 3.07. The number of fused-ring (bicyclic) bond motifs is 5. The first kappa shape index (κ1) is 19.1. The van der Waals surface area contributed by atoms with Crippen LogP contribution < -0.4 is 5.56 Å². The van der Waals surface area contributed by atoms with Crippen molar-refractivity contribution in [2.24, 2.45) is 0 Å². The second-order valence-electron chi connectivity index (χ2n) is 7.29. The van der Waals surface area contributed by atoms with Crippen molar-refractivity contribution in [1.82, 2.24) is 19.3 Å². The number of rotatable bonds is 4. The van der Waals surface area contributed by atoms with E-state index in [-0.39, 0.29) is 5.56 Å². The first-order valence-corrected chi connectivity index (χ1v) is 10.5. The predicted octanol–water partition coefficient (Wildman–Crippen LogP) is 5.66. The van der Waals surface area contributed by atoms with Gasteiger partial charge in [0.25, 0.3) is 5.56 Å². The normalized spacial score (nSPS) is 11.7. The number of para-hydroxylation sites is 1. The van der Waals surface area contributed by atoms with Crippen LogP contribution in [0, 0.1) is 0 Å². The molecule has 5 rings (SSSR count). The molecule has 0 fully saturated rings. The molecule has 0 saturated heterocycles. The zero-order chi connectivity index (χ0) is 20.8. The Labute approximate surface area is 182 Å². The lowest BCUT2D eigenvalue weighted by Crippen LogP contribution is -2.23. The van der Waals surface area contributed by atoms with Crippen molar-refractivity contribution in [3.8, 4) is 0 Å². The summed E-state index contributed by atoms with van der Waals surface area (Å²) in [6, 6.07) is 13.6. The van der Waals surface area contributed by atoms with Crippen LogP contribution in [0.25, 0.3) is 32.7 Å². The number of aromatic nitrogens is 4. The van der Waals surface area contributed by atoms with E-state index in [0.29, 0.717) is 28.7 Å². The molecular weight excluding hydrogens is 419 g/mol. The lowest BCUT2D eigenvalue weighted by atomic mass is 10.1. The summed E-state index contributed by atoms with van der Waals surface area (Å²) >= 11 is 12.6. The highest BCUT2D eigenvalue weighted by Gasteiger charge is 2.17. The van der Waals surface area contributed by atoms with Crippen LogP contribution in [0.3, 0.4) is 0 Å². The summed E-state index contributed by atoms with van der Waals surface area (Å²) in [7, 11) is 0. The van der Waals surface area contributed by atoms with Crippen LogP contribution in [0.2, 0.25) is 10.0 Å². The van der Waals surface area contributed by atoms with Crippen molar-refractivity contribution in [2.75, 3.05) is 0 Å². The van der Waals surface area contributed by atoms with Gasteiger partial charge in [0.15, 0.2) is 0 Å². The first-order chi connectivity index (χ1) is 14.6. The van der Waals surface area contributed by atoms with Crippen LogP contribution in [0.4, 0.5) is 0 Å². The SMILES string of the molecule is CCCn1ncc2c(ncc3c2c2ccccc2n3Cc2cc(Cl)ccc2Cl)c1=O. The maximum Gasteiger partial charge on any atom is 0.293 e. The van der Waals surface area contributed by atoms with Gasteiger partial charge in [-0.15, -0.1) is 0 Å². The molecule has 5 aromatic rings. The Morgan fingerprint density at radius 2 is 1.83 bits per heavy atom. The molecule has 0 bridgehead atoms. The van der Waals surface area contributed by atoms with E-state index in [0.717, 1.165) is 39.2 Å². The van der Waals surface area contributed by atoms with Gasteiger partial charge >= 0.3 is 0 Å². The van der Waals surface area contributed by atoms with Gasteiger partial charge in [-0.25, -0.2) is 9.67 Å². The fourth-order valence-electron chi connectivity index (χ4n) is 4.03. The molecule has 0 atom stereocenters. The predicted molar refractivity (Wildman–Crippen MR) is 123 cm³/mol. The molecule has 0 spiro atoms. The Hall–Kier alpha value is -2.89. The number of halogens is 2. The largest absolute Gasteiger partial charge is 0.335 e. The van der Waals surface area contributed by atoms with Crippen molar-refractivity contribution in [3.63, 3.8) is 0 Å². The van der Waals surface area contributed by atoms with Crippen LogP contribution in [0.5, 0.6) is 0 Å². The summed E-state index contributed by atoms with van der Waals surface area (Å²) in [6.07, 6.45) is 4.36. The zero-order valence-electron chi connectivity index (χ0n) is 16.3. The van der Waals surface area contributed by atoms with E-state index >= 15 is 0 Å². The van der Waals surface area contributed by atoms with Gasteiger partial charge in [-0.05, 0) is 36.2 Å². The van der Waals surface area contributed by atoms with E-state index < -0.39 is 0 Å². The molecule has 0 aliphatic heterocycles.